The molecule has 0 amide bonds. The van der Waals surface area contributed by atoms with Gasteiger partial charge in [0.15, 0.2) is 11.6 Å². The van der Waals surface area contributed by atoms with Gasteiger partial charge in [0.25, 0.3) is 0 Å². The molecule has 116 valence electrons. The molecule has 1 saturated carbocycles. The summed E-state index contributed by atoms with van der Waals surface area (Å²) in [6, 6.07) is 10.4. The monoisotopic (exact) mass is 322 g/mol. The Labute approximate surface area is 133 Å². The summed E-state index contributed by atoms with van der Waals surface area (Å²) in [6.07, 6.45) is 1.76. The Bertz CT molecular complexity index is 667. The first-order valence-electron chi connectivity index (χ1n) is 7.26. The SMILES string of the molecule is N[C@H]1C[C@@H](NCc2ccc(-c3ccc(Cl)cc3)c(F)c2F)C1. The second-order valence-corrected chi connectivity index (χ2v) is 6.15. The van der Waals surface area contributed by atoms with E-state index in [2.05, 4.69) is 5.32 Å². The summed E-state index contributed by atoms with van der Waals surface area (Å²) in [6.45, 7) is 0.307. The lowest BCUT2D eigenvalue weighted by molar-refractivity contribution is 0.289. The second-order valence-electron chi connectivity index (χ2n) is 5.72. The number of rotatable bonds is 4. The molecule has 1 aliphatic carbocycles. The van der Waals surface area contributed by atoms with Crippen LogP contribution in [0.2, 0.25) is 5.02 Å². The first kappa shape index (κ1) is 15.4. The molecular weight excluding hydrogens is 306 g/mol. The summed E-state index contributed by atoms with van der Waals surface area (Å²) in [4.78, 5) is 0. The maximum atomic E-state index is 14.3. The fourth-order valence-corrected chi connectivity index (χ4v) is 2.79. The lowest BCUT2D eigenvalue weighted by Gasteiger charge is -2.33. The molecule has 0 atom stereocenters. The van der Waals surface area contributed by atoms with E-state index in [9.17, 15) is 8.78 Å². The maximum absolute atomic E-state index is 14.3. The van der Waals surface area contributed by atoms with E-state index in [1.165, 1.54) is 0 Å². The summed E-state index contributed by atoms with van der Waals surface area (Å²) in [5, 5.41) is 3.76. The van der Waals surface area contributed by atoms with E-state index in [1.54, 1.807) is 36.4 Å². The van der Waals surface area contributed by atoms with Gasteiger partial charge in [-0.05, 0) is 30.5 Å². The van der Waals surface area contributed by atoms with Crippen molar-refractivity contribution in [3.05, 3.63) is 58.6 Å². The molecule has 0 unspecified atom stereocenters. The van der Waals surface area contributed by atoms with Gasteiger partial charge in [-0.25, -0.2) is 8.78 Å². The third-order valence-corrected chi connectivity index (χ3v) is 4.33. The Hall–Kier alpha value is -1.49. The van der Waals surface area contributed by atoms with Crippen LogP contribution in [0.15, 0.2) is 36.4 Å². The van der Waals surface area contributed by atoms with E-state index in [1.807, 2.05) is 0 Å². The Morgan fingerprint density at radius 1 is 1.05 bits per heavy atom. The van der Waals surface area contributed by atoms with Crippen LogP contribution in [0.3, 0.4) is 0 Å². The second kappa shape index (κ2) is 6.32. The van der Waals surface area contributed by atoms with Gasteiger partial charge in [0.2, 0.25) is 0 Å². The van der Waals surface area contributed by atoms with Crippen molar-refractivity contribution >= 4 is 11.6 Å². The highest BCUT2D eigenvalue weighted by Crippen LogP contribution is 2.28. The van der Waals surface area contributed by atoms with Crippen LogP contribution in [0.5, 0.6) is 0 Å². The highest BCUT2D eigenvalue weighted by atomic mass is 35.5. The summed E-state index contributed by atoms with van der Waals surface area (Å²) >= 11 is 5.81. The third kappa shape index (κ3) is 3.14. The lowest BCUT2D eigenvalue weighted by Crippen LogP contribution is -2.48. The third-order valence-electron chi connectivity index (χ3n) is 4.07. The summed E-state index contributed by atoms with van der Waals surface area (Å²) in [5.74, 6) is -1.63. The van der Waals surface area contributed by atoms with E-state index in [-0.39, 0.29) is 11.6 Å². The van der Waals surface area contributed by atoms with Crippen molar-refractivity contribution in [1.29, 1.82) is 0 Å². The normalized spacial score (nSPS) is 20.7. The number of hydrogen-bond donors (Lipinski definition) is 2. The number of hydrogen-bond acceptors (Lipinski definition) is 2. The first-order valence-corrected chi connectivity index (χ1v) is 7.64. The van der Waals surface area contributed by atoms with Crippen molar-refractivity contribution in [2.45, 2.75) is 31.5 Å². The van der Waals surface area contributed by atoms with Crippen molar-refractivity contribution < 1.29 is 8.78 Å². The van der Waals surface area contributed by atoms with E-state index in [0.717, 1.165) is 12.8 Å². The van der Waals surface area contributed by atoms with E-state index in [0.29, 0.717) is 28.7 Å². The first-order chi connectivity index (χ1) is 10.5. The fourth-order valence-electron chi connectivity index (χ4n) is 2.66. The van der Waals surface area contributed by atoms with Crippen LogP contribution in [0, 0.1) is 11.6 Å². The zero-order valence-corrected chi connectivity index (χ0v) is 12.7. The predicted molar refractivity (Wildman–Crippen MR) is 84.6 cm³/mol. The van der Waals surface area contributed by atoms with Crippen molar-refractivity contribution in [2.24, 2.45) is 5.73 Å². The van der Waals surface area contributed by atoms with Gasteiger partial charge in [0.05, 0.1) is 0 Å². The smallest absolute Gasteiger partial charge is 0.166 e. The summed E-state index contributed by atoms with van der Waals surface area (Å²) in [7, 11) is 0. The average Bonchev–Trinajstić information content (AvgIpc) is 2.48. The predicted octanol–water partition coefficient (Wildman–Crippen LogP) is 3.86. The van der Waals surface area contributed by atoms with Crippen LogP contribution < -0.4 is 11.1 Å². The Morgan fingerprint density at radius 2 is 1.73 bits per heavy atom. The minimum atomic E-state index is -0.827. The zero-order chi connectivity index (χ0) is 15.7. The molecule has 22 heavy (non-hydrogen) atoms. The maximum Gasteiger partial charge on any atom is 0.166 e. The molecule has 1 fully saturated rings. The van der Waals surface area contributed by atoms with Crippen LogP contribution >= 0.6 is 11.6 Å². The largest absolute Gasteiger partial charge is 0.328 e. The van der Waals surface area contributed by atoms with Crippen LogP contribution in [0.1, 0.15) is 18.4 Å². The summed E-state index contributed by atoms with van der Waals surface area (Å²) in [5.41, 5.74) is 6.87. The molecule has 0 radical (unpaired) electrons. The molecule has 0 spiro atoms. The molecule has 0 aliphatic heterocycles. The standard InChI is InChI=1S/C17H17ClF2N2/c18-12-4-1-10(2-5-12)15-6-3-11(16(19)17(15)20)9-22-14-7-13(21)8-14/h1-6,13-14,22H,7-9,21H2/t13-,14+. The quantitative estimate of drug-likeness (QED) is 0.897. The minimum absolute atomic E-state index is 0.228. The highest BCUT2D eigenvalue weighted by molar-refractivity contribution is 6.30. The van der Waals surface area contributed by atoms with Gasteiger partial charge in [0, 0.05) is 34.8 Å². The number of nitrogens with one attached hydrogen (secondary N) is 1. The molecule has 3 rings (SSSR count). The molecule has 0 saturated heterocycles. The highest BCUT2D eigenvalue weighted by Gasteiger charge is 2.25. The molecule has 5 heteroatoms. The van der Waals surface area contributed by atoms with E-state index >= 15 is 0 Å². The van der Waals surface area contributed by atoms with Gasteiger partial charge < -0.3 is 11.1 Å². The number of benzene rings is 2. The van der Waals surface area contributed by atoms with Crippen LogP contribution in [0.25, 0.3) is 11.1 Å². The van der Waals surface area contributed by atoms with Crippen molar-refractivity contribution in [3.63, 3.8) is 0 Å². The van der Waals surface area contributed by atoms with Gasteiger partial charge in [0.1, 0.15) is 0 Å². The molecule has 2 nitrogen and oxygen atoms in total. The van der Waals surface area contributed by atoms with Crippen molar-refractivity contribution in [3.8, 4) is 11.1 Å². The molecular formula is C17H17ClF2N2. The summed E-state index contributed by atoms with van der Waals surface area (Å²) < 4.78 is 28.5. The Kier molecular flexibility index (Phi) is 4.43. The van der Waals surface area contributed by atoms with Gasteiger partial charge in [-0.3, -0.25) is 0 Å². The molecule has 0 heterocycles. The van der Waals surface area contributed by atoms with Crippen LogP contribution in [-0.4, -0.2) is 12.1 Å². The average molecular weight is 323 g/mol. The lowest BCUT2D eigenvalue weighted by atomic mass is 9.87. The fraction of sp³-hybridized carbons (Fsp3) is 0.294. The topological polar surface area (TPSA) is 38.0 Å². The Morgan fingerprint density at radius 3 is 2.36 bits per heavy atom. The van der Waals surface area contributed by atoms with Gasteiger partial charge >= 0.3 is 0 Å². The molecule has 2 aromatic carbocycles. The Balaban J connectivity index is 1.77. The van der Waals surface area contributed by atoms with Crippen LogP contribution in [0.4, 0.5) is 8.78 Å². The van der Waals surface area contributed by atoms with Crippen LogP contribution in [-0.2, 0) is 6.54 Å². The molecule has 2 aromatic rings. The number of halogens is 3. The van der Waals surface area contributed by atoms with Crippen molar-refractivity contribution in [2.75, 3.05) is 0 Å². The molecule has 0 aromatic heterocycles. The van der Waals surface area contributed by atoms with Gasteiger partial charge in [-0.15, -0.1) is 0 Å². The van der Waals surface area contributed by atoms with Gasteiger partial charge in [-0.1, -0.05) is 35.9 Å². The van der Waals surface area contributed by atoms with Gasteiger partial charge in [-0.2, -0.15) is 0 Å². The molecule has 1 aliphatic rings. The van der Waals surface area contributed by atoms with E-state index in [4.69, 9.17) is 17.3 Å². The zero-order valence-electron chi connectivity index (χ0n) is 12.0. The molecule has 3 N–H and O–H groups in total. The molecule has 0 bridgehead atoms. The van der Waals surface area contributed by atoms with E-state index < -0.39 is 11.6 Å². The number of nitrogens with two attached hydrogens (primary N) is 1. The van der Waals surface area contributed by atoms with Crippen molar-refractivity contribution in [1.82, 2.24) is 5.32 Å². The minimum Gasteiger partial charge on any atom is -0.328 e.